The molecule has 0 unspecified atom stereocenters. The third kappa shape index (κ3) is 2.77. The molecule has 4 heteroatoms. The lowest BCUT2D eigenvalue weighted by molar-refractivity contribution is 0.454. The van der Waals surface area contributed by atoms with Gasteiger partial charge in [-0.2, -0.15) is 4.98 Å². The van der Waals surface area contributed by atoms with Crippen molar-refractivity contribution in [2.45, 2.75) is 19.8 Å². The van der Waals surface area contributed by atoms with E-state index in [0.29, 0.717) is 17.7 Å². The molecule has 0 spiro atoms. The van der Waals surface area contributed by atoms with Crippen molar-refractivity contribution in [2.24, 2.45) is 0 Å². The molecule has 0 amide bonds. The number of ether oxygens (including phenoxy) is 1. The summed E-state index contributed by atoms with van der Waals surface area (Å²) in [6, 6.07) is 9.75. The smallest absolute Gasteiger partial charge is 0.225 e. The highest BCUT2D eigenvalue weighted by atomic mass is 16.5. The average Bonchev–Trinajstić information content (AvgIpc) is 2.39. The van der Waals surface area contributed by atoms with Gasteiger partial charge < -0.3 is 10.1 Å². The number of benzene rings is 1. The van der Waals surface area contributed by atoms with Crippen molar-refractivity contribution < 1.29 is 4.74 Å². The summed E-state index contributed by atoms with van der Waals surface area (Å²) in [6.45, 7) is 4.28. The van der Waals surface area contributed by atoms with Gasteiger partial charge in [-0.15, -0.1) is 0 Å². The van der Waals surface area contributed by atoms with Crippen molar-refractivity contribution in [3.05, 3.63) is 42.1 Å². The molecule has 0 saturated heterocycles. The molecule has 0 radical (unpaired) electrons. The van der Waals surface area contributed by atoms with Crippen LogP contribution in [0, 0.1) is 0 Å². The van der Waals surface area contributed by atoms with Gasteiger partial charge in [0.05, 0.1) is 0 Å². The monoisotopic (exact) mass is 243 g/mol. The molecule has 0 aliphatic carbocycles. The highest BCUT2D eigenvalue weighted by Crippen LogP contribution is 2.29. The van der Waals surface area contributed by atoms with Gasteiger partial charge >= 0.3 is 0 Å². The molecule has 4 nitrogen and oxygen atoms in total. The van der Waals surface area contributed by atoms with Gasteiger partial charge in [-0.3, -0.25) is 0 Å². The molecular formula is C14H17N3O. The quantitative estimate of drug-likeness (QED) is 0.893. The number of hydrogen-bond donors (Lipinski definition) is 1. The van der Waals surface area contributed by atoms with E-state index in [1.165, 1.54) is 5.56 Å². The van der Waals surface area contributed by atoms with E-state index >= 15 is 0 Å². The lowest BCUT2D eigenvalue weighted by Gasteiger charge is -2.13. The highest BCUT2D eigenvalue weighted by Gasteiger charge is 2.08. The van der Waals surface area contributed by atoms with Crippen LogP contribution in [0.25, 0.3) is 0 Å². The first-order chi connectivity index (χ1) is 8.70. The molecule has 2 aromatic rings. The van der Waals surface area contributed by atoms with Crippen LogP contribution in [-0.2, 0) is 0 Å². The van der Waals surface area contributed by atoms with Gasteiger partial charge in [0.1, 0.15) is 5.75 Å². The Kier molecular flexibility index (Phi) is 3.77. The number of rotatable bonds is 4. The summed E-state index contributed by atoms with van der Waals surface area (Å²) in [6.07, 6.45) is 1.67. The summed E-state index contributed by atoms with van der Waals surface area (Å²) in [5, 5.41) is 2.89. The van der Waals surface area contributed by atoms with Gasteiger partial charge in [0.2, 0.25) is 11.8 Å². The lowest BCUT2D eigenvalue weighted by atomic mass is 10.0. The van der Waals surface area contributed by atoms with Gasteiger partial charge in [0, 0.05) is 19.3 Å². The Morgan fingerprint density at radius 3 is 2.67 bits per heavy atom. The van der Waals surface area contributed by atoms with Crippen LogP contribution >= 0.6 is 0 Å². The normalized spacial score (nSPS) is 10.4. The third-order valence-corrected chi connectivity index (χ3v) is 2.61. The second-order valence-electron chi connectivity index (χ2n) is 4.26. The van der Waals surface area contributed by atoms with E-state index in [1.54, 1.807) is 19.3 Å². The van der Waals surface area contributed by atoms with Crippen LogP contribution in [0.2, 0.25) is 0 Å². The summed E-state index contributed by atoms with van der Waals surface area (Å²) in [4.78, 5) is 8.30. The molecule has 0 atom stereocenters. The Labute approximate surface area is 107 Å². The summed E-state index contributed by atoms with van der Waals surface area (Å²) >= 11 is 0. The SMILES string of the molecule is CNc1nccc(Oc2ccccc2C(C)C)n1. The van der Waals surface area contributed by atoms with E-state index in [1.807, 2.05) is 18.2 Å². The Bertz CT molecular complexity index is 526. The molecule has 2 rings (SSSR count). The lowest BCUT2D eigenvalue weighted by Crippen LogP contribution is -1.99. The second kappa shape index (κ2) is 5.49. The first kappa shape index (κ1) is 12.4. The minimum absolute atomic E-state index is 0.409. The van der Waals surface area contributed by atoms with E-state index in [9.17, 15) is 0 Å². The van der Waals surface area contributed by atoms with Crippen molar-refractivity contribution in [2.75, 3.05) is 12.4 Å². The van der Waals surface area contributed by atoms with Crippen LogP contribution < -0.4 is 10.1 Å². The molecule has 1 heterocycles. The van der Waals surface area contributed by atoms with Gasteiger partial charge in [0.15, 0.2) is 0 Å². The fourth-order valence-electron chi connectivity index (χ4n) is 1.68. The van der Waals surface area contributed by atoms with Crippen LogP contribution in [0.5, 0.6) is 11.6 Å². The van der Waals surface area contributed by atoms with Crippen molar-refractivity contribution >= 4 is 5.95 Å². The van der Waals surface area contributed by atoms with E-state index in [0.717, 1.165) is 5.75 Å². The van der Waals surface area contributed by atoms with Crippen molar-refractivity contribution in [1.82, 2.24) is 9.97 Å². The van der Waals surface area contributed by atoms with E-state index in [4.69, 9.17) is 4.74 Å². The van der Waals surface area contributed by atoms with Gasteiger partial charge in [-0.25, -0.2) is 4.98 Å². The molecule has 1 N–H and O–H groups in total. The second-order valence-corrected chi connectivity index (χ2v) is 4.26. The van der Waals surface area contributed by atoms with Crippen molar-refractivity contribution in [1.29, 1.82) is 0 Å². The van der Waals surface area contributed by atoms with E-state index in [-0.39, 0.29) is 0 Å². The molecule has 1 aromatic heterocycles. The first-order valence-electron chi connectivity index (χ1n) is 5.98. The fraction of sp³-hybridized carbons (Fsp3) is 0.286. The molecule has 0 aliphatic rings. The topological polar surface area (TPSA) is 47.0 Å². The summed E-state index contributed by atoms with van der Waals surface area (Å²) < 4.78 is 5.82. The van der Waals surface area contributed by atoms with Crippen molar-refractivity contribution in [3.63, 3.8) is 0 Å². The van der Waals surface area contributed by atoms with Crippen LogP contribution in [0.15, 0.2) is 36.5 Å². The van der Waals surface area contributed by atoms with Crippen LogP contribution in [0.1, 0.15) is 25.3 Å². The minimum Gasteiger partial charge on any atom is -0.439 e. The predicted molar refractivity (Wildman–Crippen MR) is 72.2 cm³/mol. The summed E-state index contributed by atoms with van der Waals surface area (Å²) in [7, 11) is 1.78. The molecular weight excluding hydrogens is 226 g/mol. The zero-order valence-electron chi connectivity index (χ0n) is 10.8. The summed E-state index contributed by atoms with van der Waals surface area (Å²) in [5.74, 6) is 2.34. The highest BCUT2D eigenvalue weighted by molar-refractivity contribution is 5.38. The van der Waals surface area contributed by atoms with E-state index < -0.39 is 0 Å². The number of hydrogen-bond acceptors (Lipinski definition) is 4. The zero-order chi connectivity index (χ0) is 13.0. The van der Waals surface area contributed by atoms with Crippen LogP contribution in [-0.4, -0.2) is 17.0 Å². The fourth-order valence-corrected chi connectivity index (χ4v) is 1.68. The zero-order valence-corrected chi connectivity index (χ0v) is 10.8. The van der Waals surface area contributed by atoms with Gasteiger partial charge in [-0.05, 0) is 17.5 Å². The number of anilines is 1. The maximum atomic E-state index is 5.82. The van der Waals surface area contributed by atoms with Crippen LogP contribution in [0.4, 0.5) is 5.95 Å². The maximum absolute atomic E-state index is 5.82. The number of para-hydroxylation sites is 1. The first-order valence-corrected chi connectivity index (χ1v) is 5.98. The number of nitrogens with zero attached hydrogens (tertiary/aromatic N) is 2. The van der Waals surface area contributed by atoms with Gasteiger partial charge in [0.25, 0.3) is 0 Å². The molecule has 0 aliphatic heterocycles. The maximum Gasteiger partial charge on any atom is 0.225 e. The van der Waals surface area contributed by atoms with Crippen molar-refractivity contribution in [3.8, 4) is 11.6 Å². The number of nitrogens with one attached hydrogen (secondary N) is 1. The Morgan fingerprint density at radius 1 is 1.17 bits per heavy atom. The molecule has 94 valence electrons. The molecule has 1 aromatic carbocycles. The van der Waals surface area contributed by atoms with Crippen LogP contribution in [0.3, 0.4) is 0 Å². The standard InChI is InChI=1S/C14H17N3O/c1-10(2)11-6-4-5-7-12(11)18-13-8-9-16-14(15-3)17-13/h4-10H,1-3H3,(H,15,16,17). The summed E-state index contributed by atoms with van der Waals surface area (Å²) in [5.41, 5.74) is 1.17. The van der Waals surface area contributed by atoms with E-state index in [2.05, 4.69) is 35.2 Å². The Hall–Kier alpha value is -2.10. The third-order valence-electron chi connectivity index (χ3n) is 2.61. The van der Waals surface area contributed by atoms with Gasteiger partial charge in [-0.1, -0.05) is 32.0 Å². The Morgan fingerprint density at radius 2 is 1.94 bits per heavy atom. The number of aromatic nitrogens is 2. The Balaban J connectivity index is 2.28. The largest absolute Gasteiger partial charge is 0.439 e. The molecule has 0 saturated carbocycles. The molecule has 0 bridgehead atoms. The molecule has 0 fully saturated rings. The average molecular weight is 243 g/mol. The minimum atomic E-state index is 0.409. The molecule has 18 heavy (non-hydrogen) atoms. The predicted octanol–water partition coefficient (Wildman–Crippen LogP) is 3.43.